The van der Waals surface area contributed by atoms with Crippen molar-refractivity contribution in [3.05, 3.63) is 46.7 Å². The van der Waals surface area contributed by atoms with E-state index in [-0.39, 0.29) is 10.5 Å². The third-order valence-electron chi connectivity index (χ3n) is 3.18. The first-order valence-electron chi connectivity index (χ1n) is 7.05. The molecule has 0 aromatic heterocycles. The van der Waals surface area contributed by atoms with Crippen LogP contribution in [0, 0.1) is 5.21 Å². The number of carbonyl (C=O) groups is 2. The fourth-order valence-electron chi connectivity index (χ4n) is 1.85. The van der Waals surface area contributed by atoms with Gasteiger partial charge in [0.2, 0.25) is 5.71 Å². The molecule has 1 unspecified atom stereocenters. The first kappa shape index (κ1) is 20.1. The fraction of sp³-hybridized carbons (Fsp3) is 0.312. The predicted octanol–water partition coefficient (Wildman–Crippen LogP) is 1.10. The van der Waals surface area contributed by atoms with Crippen LogP contribution in [0.5, 0.6) is 5.75 Å². The van der Waals surface area contributed by atoms with Crippen LogP contribution < -0.4 is 4.74 Å². The Balaban J connectivity index is 3.63. The lowest BCUT2D eigenvalue weighted by Gasteiger charge is -2.14. The van der Waals surface area contributed by atoms with E-state index in [1.165, 1.54) is 20.1 Å². The molecule has 0 aliphatic heterocycles. The van der Waals surface area contributed by atoms with Gasteiger partial charge in [0.15, 0.2) is 5.57 Å². The molecule has 9 nitrogen and oxygen atoms in total. The Morgan fingerprint density at radius 2 is 1.80 bits per heavy atom. The monoisotopic (exact) mass is 353 g/mol. The van der Waals surface area contributed by atoms with Gasteiger partial charge in [0.05, 0.1) is 26.9 Å². The number of benzene rings is 1. The van der Waals surface area contributed by atoms with Gasteiger partial charge in [-0.05, 0) is 18.2 Å². The van der Waals surface area contributed by atoms with Gasteiger partial charge in [-0.3, -0.25) is 0 Å². The van der Waals surface area contributed by atoms with E-state index in [1.807, 2.05) is 0 Å². The van der Waals surface area contributed by atoms with Crippen molar-refractivity contribution in [2.45, 2.75) is 13.2 Å². The average molecular weight is 353 g/mol. The van der Waals surface area contributed by atoms with E-state index >= 15 is 0 Å². The van der Waals surface area contributed by atoms with E-state index in [0.29, 0.717) is 11.3 Å². The molecule has 0 spiro atoms. The van der Waals surface area contributed by atoms with E-state index in [1.54, 1.807) is 18.2 Å². The van der Waals surface area contributed by atoms with Crippen LogP contribution in [0.1, 0.15) is 12.5 Å². The van der Waals surface area contributed by atoms with Crippen molar-refractivity contribution in [2.75, 3.05) is 21.3 Å². The zero-order valence-corrected chi connectivity index (χ0v) is 14.2. The lowest BCUT2D eigenvalue weighted by atomic mass is 10.1. The number of nitrogens with zero attached hydrogens (tertiary/aromatic N) is 1. The number of hydrogen-bond acceptors (Lipinski definition) is 8. The second kappa shape index (κ2) is 9.40. The van der Waals surface area contributed by atoms with E-state index in [4.69, 9.17) is 9.99 Å². The molecule has 25 heavy (non-hydrogen) atoms. The number of allylic oxidation sites excluding steroid dienone is 1. The van der Waals surface area contributed by atoms with Crippen LogP contribution in [0.2, 0.25) is 0 Å². The Morgan fingerprint density at radius 3 is 2.28 bits per heavy atom. The molecule has 1 aromatic carbocycles. The molecular weight excluding hydrogens is 334 g/mol. The van der Waals surface area contributed by atoms with Gasteiger partial charge in [0.25, 0.3) is 6.23 Å². The molecule has 1 rings (SSSR count). The molecule has 0 aliphatic carbocycles. The van der Waals surface area contributed by atoms with Gasteiger partial charge in [0, 0.05) is 13.0 Å². The van der Waals surface area contributed by atoms with Gasteiger partial charge in [-0.15, -0.1) is 0 Å². The summed E-state index contributed by atoms with van der Waals surface area (Å²) in [6.07, 6.45) is -0.316. The van der Waals surface area contributed by atoms with Crippen LogP contribution >= 0.6 is 0 Å². The van der Waals surface area contributed by atoms with Crippen molar-refractivity contribution in [2.24, 2.45) is 0 Å². The summed E-state index contributed by atoms with van der Waals surface area (Å²) in [6, 6.07) is 6.31. The Bertz CT molecular complexity index is 677. The Labute approximate surface area is 144 Å². The lowest BCUT2D eigenvalue weighted by Crippen LogP contribution is -2.28. The highest BCUT2D eigenvalue weighted by molar-refractivity contribution is 6.20. The summed E-state index contributed by atoms with van der Waals surface area (Å²) < 4.78 is 14.4. The minimum Gasteiger partial charge on any atom is -0.621 e. The number of ether oxygens (including phenoxy) is 3. The van der Waals surface area contributed by atoms with Crippen LogP contribution in [0.15, 0.2) is 35.9 Å². The van der Waals surface area contributed by atoms with Crippen molar-refractivity contribution in [1.82, 2.24) is 0 Å². The quantitative estimate of drug-likeness (QED) is 0.0740. The molecular formula is C16H19NO8. The largest absolute Gasteiger partial charge is 0.621 e. The normalized spacial score (nSPS) is 12.5. The first-order chi connectivity index (χ1) is 11.9. The maximum absolute atomic E-state index is 12.4. The molecule has 0 bridgehead atoms. The minimum atomic E-state index is -1.31. The molecule has 0 fully saturated rings. The number of methoxy groups -OCH3 is 3. The molecule has 0 saturated heterocycles. The molecule has 1 N–H and O–H groups in total. The second-order valence-electron chi connectivity index (χ2n) is 4.69. The van der Waals surface area contributed by atoms with Crippen LogP contribution in [-0.2, 0) is 24.0 Å². The van der Waals surface area contributed by atoms with Crippen molar-refractivity contribution in [3.8, 4) is 5.75 Å². The number of hydrogen-bond donors (Lipinski definition) is 1. The van der Waals surface area contributed by atoms with E-state index in [9.17, 15) is 14.8 Å². The topological polar surface area (TPSA) is 117 Å². The Morgan fingerprint density at radius 1 is 1.20 bits per heavy atom. The summed E-state index contributed by atoms with van der Waals surface area (Å²) in [6.45, 7) is 1.27. The summed E-state index contributed by atoms with van der Waals surface area (Å²) in [7, 11) is 3.61. The van der Waals surface area contributed by atoms with Gasteiger partial charge in [-0.25, -0.2) is 14.8 Å². The van der Waals surface area contributed by atoms with Gasteiger partial charge in [-0.1, -0.05) is 6.07 Å². The Kier molecular flexibility index (Phi) is 7.57. The summed E-state index contributed by atoms with van der Waals surface area (Å²) in [5.41, 5.74) is -0.344. The lowest BCUT2D eigenvalue weighted by molar-refractivity contribution is -0.595. The van der Waals surface area contributed by atoms with Crippen molar-refractivity contribution >= 4 is 17.7 Å². The molecule has 9 heteroatoms. The van der Waals surface area contributed by atoms with Gasteiger partial charge in [0.1, 0.15) is 5.75 Å². The smallest absolute Gasteiger partial charge is 0.345 e. The van der Waals surface area contributed by atoms with Crippen molar-refractivity contribution in [1.29, 1.82) is 0 Å². The fourth-order valence-corrected chi connectivity index (χ4v) is 1.85. The second-order valence-corrected chi connectivity index (χ2v) is 4.69. The molecule has 0 radical (unpaired) electrons. The van der Waals surface area contributed by atoms with Crippen LogP contribution in [0.4, 0.5) is 0 Å². The third-order valence-corrected chi connectivity index (χ3v) is 3.18. The number of esters is 2. The summed E-state index contributed by atoms with van der Waals surface area (Å²) >= 11 is 0. The van der Waals surface area contributed by atoms with Crippen LogP contribution in [0.25, 0.3) is 0 Å². The highest BCUT2D eigenvalue weighted by Gasteiger charge is 2.25. The summed E-state index contributed by atoms with van der Waals surface area (Å²) in [5, 5.41) is 21.2. The maximum Gasteiger partial charge on any atom is 0.345 e. The van der Waals surface area contributed by atoms with Crippen molar-refractivity contribution in [3.63, 3.8) is 0 Å². The SMILES string of the molecule is COC(=O)C(=C/C(c1cccc(OC)c1)=[N+](\[O-])C(C)OO)C(=O)OC. The molecule has 0 amide bonds. The van der Waals surface area contributed by atoms with Crippen LogP contribution in [0.3, 0.4) is 0 Å². The molecule has 0 heterocycles. The van der Waals surface area contributed by atoms with Gasteiger partial charge >= 0.3 is 11.9 Å². The van der Waals surface area contributed by atoms with Gasteiger partial charge < -0.3 is 19.4 Å². The highest BCUT2D eigenvalue weighted by Crippen LogP contribution is 2.16. The summed E-state index contributed by atoms with van der Waals surface area (Å²) in [5.74, 6) is -1.54. The zero-order valence-electron chi connectivity index (χ0n) is 14.2. The number of rotatable bonds is 7. The zero-order chi connectivity index (χ0) is 19.0. The number of carbonyl (C=O) groups excluding carboxylic acids is 2. The van der Waals surface area contributed by atoms with E-state index in [2.05, 4.69) is 14.4 Å². The Hall–Kier alpha value is -2.91. The highest BCUT2D eigenvalue weighted by atomic mass is 17.1. The average Bonchev–Trinajstić information content (AvgIpc) is 2.66. The maximum atomic E-state index is 12.4. The van der Waals surface area contributed by atoms with Crippen molar-refractivity contribution < 1.29 is 38.7 Å². The minimum absolute atomic E-state index is 0.147. The predicted molar refractivity (Wildman–Crippen MR) is 86.0 cm³/mol. The first-order valence-corrected chi connectivity index (χ1v) is 7.05. The van der Waals surface area contributed by atoms with E-state index in [0.717, 1.165) is 20.3 Å². The van der Waals surface area contributed by atoms with Crippen LogP contribution in [-0.4, -0.2) is 55.2 Å². The molecule has 136 valence electrons. The van der Waals surface area contributed by atoms with Gasteiger partial charge in [-0.2, -0.15) is 9.63 Å². The molecule has 0 aliphatic rings. The molecule has 1 aromatic rings. The van der Waals surface area contributed by atoms with E-state index < -0.39 is 23.7 Å². The number of hydroxylamine groups is 1. The third kappa shape index (κ3) is 5.03. The molecule has 1 atom stereocenters. The summed E-state index contributed by atoms with van der Waals surface area (Å²) in [4.78, 5) is 27.7. The standard InChI is InChI=1S/C16H19NO8/c1-10(25-21)17(20)14(11-6-5-7-12(8-11)22-2)9-13(15(18)23-3)16(19)24-4/h5-10,21H,1-4H3/b17-14+. The molecule has 0 saturated carbocycles.